The number of carbonyl (C=O) groups excluding carboxylic acids is 2. The average Bonchev–Trinajstić information content (AvgIpc) is 2.61. The van der Waals surface area contributed by atoms with E-state index in [9.17, 15) is 9.59 Å². The molecule has 0 aromatic heterocycles. The van der Waals surface area contributed by atoms with Crippen LogP contribution in [0.1, 0.15) is 17.3 Å². The van der Waals surface area contributed by atoms with Crippen molar-refractivity contribution in [3.8, 4) is 5.75 Å². The van der Waals surface area contributed by atoms with Crippen LogP contribution in [-0.4, -0.2) is 32.1 Å². The van der Waals surface area contributed by atoms with E-state index >= 15 is 0 Å². The molecule has 0 saturated heterocycles. The predicted octanol–water partition coefficient (Wildman–Crippen LogP) is 2.92. The molecule has 126 valence electrons. The molecule has 6 nitrogen and oxygen atoms in total. The monoisotopic (exact) mass is 328 g/mol. The van der Waals surface area contributed by atoms with Gasteiger partial charge in [-0.15, -0.1) is 0 Å². The first kappa shape index (κ1) is 17.3. The highest BCUT2D eigenvalue weighted by Crippen LogP contribution is 2.15. The number of ether oxygens (including phenoxy) is 2. The van der Waals surface area contributed by atoms with Gasteiger partial charge in [0.2, 0.25) is 5.91 Å². The van der Waals surface area contributed by atoms with Crippen LogP contribution in [0.25, 0.3) is 0 Å². The van der Waals surface area contributed by atoms with E-state index in [4.69, 9.17) is 4.74 Å². The Morgan fingerprint density at radius 3 is 2.46 bits per heavy atom. The smallest absolute Gasteiger partial charge is 0.337 e. The van der Waals surface area contributed by atoms with Gasteiger partial charge in [0.15, 0.2) is 0 Å². The summed E-state index contributed by atoms with van der Waals surface area (Å²) in [5.41, 5.74) is 1.74. The number of nitrogens with one attached hydrogen (secondary N) is 2. The minimum Gasteiger partial charge on any atom is -0.494 e. The molecule has 0 aliphatic heterocycles. The van der Waals surface area contributed by atoms with Gasteiger partial charge in [-0.3, -0.25) is 4.79 Å². The zero-order valence-electron chi connectivity index (χ0n) is 13.7. The fourth-order valence-electron chi connectivity index (χ4n) is 2.06. The Labute approximate surface area is 140 Å². The largest absolute Gasteiger partial charge is 0.494 e. The summed E-state index contributed by atoms with van der Waals surface area (Å²) in [7, 11) is 1.31. The molecule has 0 bridgehead atoms. The number of rotatable bonds is 7. The van der Waals surface area contributed by atoms with Crippen LogP contribution < -0.4 is 15.4 Å². The van der Waals surface area contributed by atoms with Crippen LogP contribution in [0.2, 0.25) is 0 Å². The zero-order valence-corrected chi connectivity index (χ0v) is 13.7. The molecule has 0 heterocycles. The fraction of sp³-hybridized carbons (Fsp3) is 0.222. The van der Waals surface area contributed by atoms with E-state index in [2.05, 4.69) is 15.4 Å². The standard InChI is InChI=1S/C18H20N2O4/c1-3-24-16-9-7-14(8-10-16)19-12-17(21)20-15-6-4-5-13(11-15)18(22)23-2/h4-11,19H,3,12H2,1-2H3,(H,20,21). The molecular formula is C18H20N2O4. The first-order chi connectivity index (χ1) is 11.6. The second kappa shape index (κ2) is 8.57. The highest BCUT2D eigenvalue weighted by atomic mass is 16.5. The van der Waals surface area contributed by atoms with Gasteiger partial charge in [-0.05, 0) is 49.4 Å². The van der Waals surface area contributed by atoms with Crippen LogP contribution in [0.5, 0.6) is 5.75 Å². The van der Waals surface area contributed by atoms with Crippen LogP contribution in [0.15, 0.2) is 48.5 Å². The third-order valence-corrected chi connectivity index (χ3v) is 3.19. The Hall–Kier alpha value is -3.02. The number of hydrogen-bond acceptors (Lipinski definition) is 5. The lowest BCUT2D eigenvalue weighted by Gasteiger charge is -2.09. The minimum absolute atomic E-state index is 0.108. The SMILES string of the molecule is CCOc1ccc(NCC(=O)Nc2cccc(C(=O)OC)c2)cc1. The molecule has 24 heavy (non-hydrogen) atoms. The predicted molar refractivity (Wildman–Crippen MR) is 92.5 cm³/mol. The lowest BCUT2D eigenvalue weighted by molar-refractivity contribution is -0.114. The van der Waals surface area contributed by atoms with Gasteiger partial charge in [0.1, 0.15) is 5.75 Å². The van der Waals surface area contributed by atoms with E-state index in [0.717, 1.165) is 11.4 Å². The van der Waals surface area contributed by atoms with Crippen molar-refractivity contribution in [2.45, 2.75) is 6.92 Å². The Bertz CT molecular complexity index is 698. The number of esters is 1. The molecule has 0 aliphatic rings. The van der Waals surface area contributed by atoms with E-state index in [1.165, 1.54) is 7.11 Å². The number of amides is 1. The van der Waals surface area contributed by atoms with Crippen LogP contribution in [0.4, 0.5) is 11.4 Å². The molecule has 2 N–H and O–H groups in total. The van der Waals surface area contributed by atoms with Gasteiger partial charge >= 0.3 is 5.97 Å². The van der Waals surface area contributed by atoms with Crippen LogP contribution in [-0.2, 0) is 9.53 Å². The maximum atomic E-state index is 12.0. The van der Waals surface area contributed by atoms with E-state index < -0.39 is 5.97 Å². The summed E-state index contributed by atoms with van der Waals surface area (Å²) < 4.78 is 10.0. The van der Waals surface area contributed by atoms with Crippen molar-refractivity contribution in [2.75, 3.05) is 30.9 Å². The van der Waals surface area contributed by atoms with Crippen molar-refractivity contribution in [3.05, 3.63) is 54.1 Å². The lowest BCUT2D eigenvalue weighted by Crippen LogP contribution is -2.21. The number of anilines is 2. The summed E-state index contributed by atoms with van der Waals surface area (Å²) >= 11 is 0. The Kier molecular flexibility index (Phi) is 6.19. The zero-order chi connectivity index (χ0) is 17.4. The van der Waals surface area contributed by atoms with Crippen molar-refractivity contribution < 1.29 is 19.1 Å². The Morgan fingerprint density at radius 1 is 1.04 bits per heavy atom. The topological polar surface area (TPSA) is 76.7 Å². The molecule has 0 aliphatic carbocycles. The molecule has 6 heteroatoms. The van der Waals surface area contributed by atoms with Gasteiger partial charge in [-0.25, -0.2) is 4.79 Å². The lowest BCUT2D eigenvalue weighted by atomic mass is 10.2. The second-order valence-corrected chi connectivity index (χ2v) is 4.93. The molecule has 0 fully saturated rings. The van der Waals surface area contributed by atoms with Crippen LogP contribution in [0, 0.1) is 0 Å². The quantitative estimate of drug-likeness (QED) is 0.764. The number of hydrogen-bond donors (Lipinski definition) is 2. The van der Waals surface area contributed by atoms with Gasteiger partial charge in [-0.2, -0.15) is 0 Å². The number of benzene rings is 2. The highest BCUT2D eigenvalue weighted by Gasteiger charge is 2.07. The van der Waals surface area contributed by atoms with E-state index in [1.54, 1.807) is 24.3 Å². The van der Waals surface area contributed by atoms with Crippen molar-refractivity contribution in [1.82, 2.24) is 0 Å². The molecule has 0 spiro atoms. The molecule has 0 unspecified atom stereocenters. The van der Waals surface area contributed by atoms with E-state index in [-0.39, 0.29) is 12.5 Å². The maximum absolute atomic E-state index is 12.0. The van der Waals surface area contributed by atoms with Gasteiger partial charge in [0.05, 0.1) is 25.8 Å². The van der Waals surface area contributed by atoms with Crippen molar-refractivity contribution in [3.63, 3.8) is 0 Å². The van der Waals surface area contributed by atoms with E-state index in [1.807, 2.05) is 31.2 Å². The molecule has 2 rings (SSSR count). The van der Waals surface area contributed by atoms with Crippen molar-refractivity contribution in [2.24, 2.45) is 0 Å². The molecule has 0 radical (unpaired) electrons. The van der Waals surface area contributed by atoms with Gasteiger partial charge in [-0.1, -0.05) is 6.07 Å². The summed E-state index contributed by atoms with van der Waals surface area (Å²) in [5, 5.41) is 5.75. The van der Waals surface area contributed by atoms with Crippen molar-refractivity contribution in [1.29, 1.82) is 0 Å². The first-order valence-electron chi connectivity index (χ1n) is 7.57. The van der Waals surface area contributed by atoms with Gasteiger partial charge < -0.3 is 20.1 Å². The van der Waals surface area contributed by atoms with Gasteiger partial charge in [0, 0.05) is 11.4 Å². The van der Waals surface area contributed by atoms with Gasteiger partial charge in [0.25, 0.3) is 0 Å². The number of carbonyl (C=O) groups is 2. The summed E-state index contributed by atoms with van der Waals surface area (Å²) in [5.74, 6) is 0.122. The van der Waals surface area contributed by atoms with Crippen LogP contribution >= 0.6 is 0 Å². The first-order valence-corrected chi connectivity index (χ1v) is 7.57. The van der Waals surface area contributed by atoms with Crippen molar-refractivity contribution >= 4 is 23.3 Å². The number of methoxy groups -OCH3 is 1. The molecular weight excluding hydrogens is 308 g/mol. The molecule has 2 aromatic rings. The molecule has 2 aromatic carbocycles. The Balaban J connectivity index is 1.88. The minimum atomic E-state index is -0.446. The maximum Gasteiger partial charge on any atom is 0.337 e. The summed E-state index contributed by atoms with van der Waals surface area (Å²) in [6.45, 7) is 2.64. The average molecular weight is 328 g/mol. The second-order valence-electron chi connectivity index (χ2n) is 4.93. The normalized spacial score (nSPS) is 9.92. The summed E-state index contributed by atoms with van der Waals surface area (Å²) in [4.78, 5) is 23.5. The molecule has 1 amide bonds. The van der Waals surface area contributed by atoms with Crippen LogP contribution in [0.3, 0.4) is 0 Å². The Morgan fingerprint density at radius 2 is 1.79 bits per heavy atom. The molecule has 0 saturated carbocycles. The van der Waals surface area contributed by atoms with E-state index in [0.29, 0.717) is 17.9 Å². The molecule has 0 atom stereocenters. The fourth-order valence-corrected chi connectivity index (χ4v) is 2.06. The summed E-state index contributed by atoms with van der Waals surface area (Å²) in [6, 6.07) is 13.9. The third kappa shape index (κ3) is 5.01. The summed E-state index contributed by atoms with van der Waals surface area (Å²) in [6.07, 6.45) is 0. The third-order valence-electron chi connectivity index (χ3n) is 3.19. The highest BCUT2D eigenvalue weighted by molar-refractivity contribution is 5.96.